The van der Waals surface area contributed by atoms with Gasteiger partial charge in [-0.1, -0.05) is 156 Å². The minimum atomic E-state index is 0.0815. The molecular formula is C57H52N4. The third kappa shape index (κ3) is 6.73. The maximum atomic E-state index is 5.30. The third-order valence-electron chi connectivity index (χ3n) is 14.1. The van der Waals surface area contributed by atoms with Crippen LogP contribution in [0.1, 0.15) is 95.2 Å². The minimum absolute atomic E-state index is 0.0815. The molecule has 0 unspecified atom stereocenters. The largest absolute Gasteiger partial charge is 0.309 e. The lowest BCUT2D eigenvalue weighted by molar-refractivity contribution is 0.332. The summed E-state index contributed by atoms with van der Waals surface area (Å²) in [6.45, 7) is 9.69. The summed E-state index contributed by atoms with van der Waals surface area (Å²) in [6, 6.07) is 55.5. The van der Waals surface area contributed by atoms with Crippen molar-refractivity contribution in [1.82, 2.24) is 19.5 Å². The maximum Gasteiger partial charge on any atom is 0.164 e. The molecule has 7 aromatic carbocycles. The van der Waals surface area contributed by atoms with Gasteiger partial charge < -0.3 is 4.57 Å². The Morgan fingerprint density at radius 1 is 0.443 bits per heavy atom. The Hall–Kier alpha value is -6.39. The molecule has 9 aromatic rings. The Labute approximate surface area is 359 Å². The van der Waals surface area contributed by atoms with Crippen LogP contribution in [-0.2, 0) is 10.8 Å². The number of benzene rings is 7. The van der Waals surface area contributed by atoms with E-state index in [1.807, 2.05) is 0 Å². The second-order valence-corrected chi connectivity index (χ2v) is 19.0. The first-order valence-corrected chi connectivity index (χ1v) is 22.3. The van der Waals surface area contributed by atoms with Crippen molar-refractivity contribution in [3.05, 3.63) is 168 Å². The predicted octanol–water partition coefficient (Wildman–Crippen LogP) is 15.2. The molecule has 2 aliphatic rings. The van der Waals surface area contributed by atoms with E-state index >= 15 is 0 Å². The van der Waals surface area contributed by atoms with Crippen molar-refractivity contribution in [2.24, 2.45) is 0 Å². The van der Waals surface area contributed by atoms with Gasteiger partial charge in [0.15, 0.2) is 17.5 Å². The number of hydrogen-bond acceptors (Lipinski definition) is 3. The van der Waals surface area contributed by atoms with Gasteiger partial charge >= 0.3 is 0 Å². The highest BCUT2D eigenvalue weighted by atomic mass is 15.0. The van der Waals surface area contributed by atoms with Crippen LogP contribution in [0.25, 0.3) is 83.6 Å². The molecule has 0 aliphatic heterocycles. The average Bonchev–Trinajstić information content (AvgIpc) is 3.62. The summed E-state index contributed by atoms with van der Waals surface area (Å²) in [5.41, 5.74) is 13.4. The summed E-state index contributed by atoms with van der Waals surface area (Å²) in [7, 11) is 0. The van der Waals surface area contributed by atoms with E-state index in [9.17, 15) is 0 Å². The summed E-state index contributed by atoms with van der Waals surface area (Å²) in [6.07, 6.45) is 8.76. The van der Waals surface area contributed by atoms with Crippen LogP contribution in [-0.4, -0.2) is 19.5 Å². The Bertz CT molecular complexity index is 3110. The molecule has 11 rings (SSSR count). The Kier molecular flexibility index (Phi) is 9.04. The molecule has 2 heterocycles. The summed E-state index contributed by atoms with van der Waals surface area (Å²) in [4.78, 5) is 15.8. The summed E-state index contributed by atoms with van der Waals surface area (Å²) in [5.74, 6) is 2.63. The fraction of sp³-hybridized carbons (Fsp3) is 0.246. The fourth-order valence-corrected chi connectivity index (χ4v) is 10.4. The first-order chi connectivity index (χ1) is 29.7. The molecule has 0 atom stereocenters. The monoisotopic (exact) mass is 792 g/mol. The molecule has 0 N–H and O–H groups in total. The van der Waals surface area contributed by atoms with Crippen LogP contribution in [0.15, 0.2) is 152 Å². The molecule has 4 nitrogen and oxygen atoms in total. The molecule has 0 amide bonds. The third-order valence-corrected chi connectivity index (χ3v) is 14.1. The standard InChI is InChI=1S/C57H52N4/c1-56(2)29-30-57(3,4)50-36-52-48(35-49(50)56)47-33-42-19-11-12-20-43(42)34-51(47)61(52)46-24-14-23-45(32-46)55-59-53(40-27-25-39(26-28-40)37-15-7-5-8-16-37)58-54(60-55)44-22-13-21-41(31-44)38-17-9-6-10-18-38/h5,7-8,11-16,19-28,31-36,38H,6,9-10,17-18,29-30H2,1-4H3. The van der Waals surface area contributed by atoms with E-state index < -0.39 is 0 Å². The lowest BCUT2D eigenvalue weighted by Crippen LogP contribution is -2.33. The molecule has 61 heavy (non-hydrogen) atoms. The summed E-state index contributed by atoms with van der Waals surface area (Å²) >= 11 is 0. The van der Waals surface area contributed by atoms with Gasteiger partial charge in [0.25, 0.3) is 0 Å². The van der Waals surface area contributed by atoms with Crippen molar-refractivity contribution in [3.63, 3.8) is 0 Å². The normalized spacial score (nSPS) is 16.3. The number of rotatable bonds is 6. The van der Waals surface area contributed by atoms with Gasteiger partial charge in [-0.25, -0.2) is 15.0 Å². The molecule has 0 radical (unpaired) electrons. The van der Waals surface area contributed by atoms with Gasteiger partial charge in [-0.15, -0.1) is 0 Å². The van der Waals surface area contributed by atoms with Crippen LogP contribution >= 0.6 is 0 Å². The number of hydrogen-bond donors (Lipinski definition) is 0. The molecule has 0 bridgehead atoms. The molecule has 2 aliphatic carbocycles. The molecule has 0 spiro atoms. The summed E-state index contributed by atoms with van der Waals surface area (Å²) in [5, 5.41) is 5.08. The number of fused-ring (bicyclic) bond motifs is 5. The average molecular weight is 793 g/mol. The van der Waals surface area contributed by atoms with E-state index in [4.69, 9.17) is 15.0 Å². The Morgan fingerprint density at radius 3 is 1.67 bits per heavy atom. The van der Waals surface area contributed by atoms with E-state index in [1.54, 1.807) is 0 Å². The van der Waals surface area contributed by atoms with Crippen LogP contribution in [0.5, 0.6) is 0 Å². The quantitative estimate of drug-likeness (QED) is 0.168. The summed E-state index contributed by atoms with van der Waals surface area (Å²) < 4.78 is 2.48. The number of aromatic nitrogens is 4. The second kappa shape index (κ2) is 14.7. The van der Waals surface area contributed by atoms with Crippen molar-refractivity contribution in [3.8, 4) is 51.0 Å². The van der Waals surface area contributed by atoms with Crippen molar-refractivity contribution in [2.75, 3.05) is 0 Å². The van der Waals surface area contributed by atoms with Gasteiger partial charge in [-0.05, 0) is 123 Å². The van der Waals surface area contributed by atoms with Gasteiger partial charge in [0.1, 0.15) is 0 Å². The molecule has 4 heteroatoms. The zero-order valence-corrected chi connectivity index (χ0v) is 35.7. The topological polar surface area (TPSA) is 43.6 Å². The zero-order chi connectivity index (χ0) is 41.3. The fourth-order valence-electron chi connectivity index (χ4n) is 10.4. The van der Waals surface area contributed by atoms with E-state index in [-0.39, 0.29) is 10.8 Å². The van der Waals surface area contributed by atoms with Crippen LogP contribution in [0.4, 0.5) is 0 Å². The van der Waals surface area contributed by atoms with E-state index in [0.717, 1.165) is 22.4 Å². The van der Waals surface area contributed by atoms with Crippen LogP contribution in [0.3, 0.4) is 0 Å². The molecule has 1 saturated carbocycles. The minimum Gasteiger partial charge on any atom is -0.309 e. The van der Waals surface area contributed by atoms with Crippen molar-refractivity contribution in [2.45, 2.75) is 89.4 Å². The van der Waals surface area contributed by atoms with Gasteiger partial charge in [-0.3, -0.25) is 0 Å². The van der Waals surface area contributed by atoms with Crippen LogP contribution in [0, 0.1) is 0 Å². The van der Waals surface area contributed by atoms with Crippen LogP contribution in [0.2, 0.25) is 0 Å². The molecule has 300 valence electrons. The predicted molar refractivity (Wildman–Crippen MR) is 255 cm³/mol. The lowest BCUT2D eigenvalue weighted by atomic mass is 9.63. The van der Waals surface area contributed by atoms with Gasteiger partial charge in [0.2, 0.25) is 0 Å². The van der Waals surface area contributed by atoms with E-state index in [0.29, 0.717) is 23.4 Å². The van der Waals surface area contributed by atoms with E-state index in [1.165, 1.54) is 105 Å². The first kappa shape index (κ1) is 37.6. The number of nitrogens with zero attached hydrogens (tertiary/aromatic N) is 4. The van der Waals surface area contributed by atoms with Gasteiger partial charge in [-0.2, -0.15) is 0 Å². The molecule has 0 saturated heterocycles. The first-order valence-electron chi connectivity index (χ1n) is 22.3. The Balaban J connectivity index is 1.10. The van der Waals surface area contributed by atoms with Crippen molar-refractivity contribution in [1.29, 1.82) is 0 Å². The lowest BCUT2D eigenvalue weighted by Gasteiger charge is -2.42. The molecular weight excluding hydrogens is 741 g/mol. The molecule has 1 fully saturated rings. The van der Waals surface area contributed by atoms with Crippen molar-refractivity contribution < 1.29 is 0 Å². The van der Waals surface area contributed by atoms with Gasteiger partial charge in [0, 0.05) is 33.2 Å². The maximum absolute atomic E-state index is 5.30. The smallest absolute Gasteiger partial charge is 0.164 e. The SMILES string of the molecule is CC1(C)CCC(C)(C)c2cc3c(cc21)c1cc2ccccc2cc1n3-c1cccc(-c2nc(-c3ccc(-c4ccccc4)cc3)nc(-c3cccc(C4CCCCC4)c3)n2)c1. The highest BCUT2D eigenvalue weighted by molar-refractivity contribution is 6.14. The van der Waals surface area contributed by atoms with Crippen molar-refractivity contribution >= 4 is 32.6 Å². The highest BCUT2D eigenvalue weighted by Crippen LogP contribution is 2.49. The van der Waals surface area contributed by atoms with E-state index in [2.05, 4.69) is 184 Å². The van der Waals surface area contributed by atoms with Crippen LogP contribution < -0.4 is 0 Å². The molecule has 2 aromatic heterocycles. The zero-order valence-electron chi connectivity index (χ0n) is 35.7. The van der Waals surface area contributed by atoms with Gasteiger partial charge in [0.05, 0.1) is 11.0 Å². The second-order valence-electron chi connectivity index (χ2n) is 19.0. The highest BCUT2D eigenvalue weighted by Gasteiger charge is 2.38. The Morgan fingerprint density at radius 2 is 0.967 bits per heavy atom.